The molecule has 4 nitrogen and oxygen atoms in total. The zero-order valence-corrected chi connectivity index (χ0v) is 14.9. The first-order valence-corrected chi connectivity index (χ1v) is 8.87. The number of anilines is 1. The molecule has 2 aromatic rings. The van der Waals surface area contributed by atoms with Crippen molar-refractivity contribution in [2.24, 2.45) is 0 Å². The predicted octanol–water partition coefficient (Wildman–Crippen LogP) is 3.71. The van der Waals surface area contributed by atoms with Crippen LogP contribution in [-0.2, 0) is 22.6 Å². The van der Waals surface area contributed by atoms with Crippen LogP contribution < -0.4 is 10.2 Å². The minimum Gasteiger partial charge on any atom is -0.350 e. The lowest BCUT2D eigenvalue weighted by molar-refractivity contribution is -0.126. The van der Waals surface area contributed by atoms with Gasteiger partial charge in [0.15, 0.2) is 0 Å². The fourth-order valence-corrected chi connectivity index (χ4v) is 3.36. The number of benzene rings is 2. The molecule has 3 rings (SSSR count). The lowest BCUT2D eigenvalue weighted by atomic mass is 10.1. The Hall–Kier alpha value is -2.33. The van der Waals surface area contributed by atoms with Crippen LogP contribution in [0.1, 0.15) is 30.9 Å². The van der Waals surface area contributed by atoms with Crippen molar-refractivity contribution in [1.82, 2.24) is 5.32 Å². The van der Waals surface area contributed by atoms with Crippen LogP contribution in [0.2, 0.25) is 5.02 Å². The highest BCUT2D eigenvalue weighted by atomic mass is 35.5. The molecule has 2 aromatic carbocycles. The van der Waals surface area contributed by atoms with Crippen LogP contribution in [-0.4, -0.2) is 17.9 Å². The predicted molar refractivity (Wildman–Crippen MR) is 99.6 cm³/mol. The number of rotatable bonds is 4. The SMILES string of the molecule is CC(C(=O)NCc1ccccc1Cl)N1C(=O)CCCc2ccccc21. The molecule has 2 amide bonds. The summed E-state index contributed by atoms with van der Waals surface area (Å²) in [6.07, 6.45) is 2.11. The van der Waals surface area contributed by atoms with E-state index < -0.39 is 6.04 Å². The highest BCUT2D eigenvalue weighted by Crippen LogP contribution is 2.28. The topological polar surface area (TPSA) is 49.4 Å². The van der Waals surface area contributed by atoms with Gasteiger partial charge in [-0.3, -0.25) is 14.5 Å². The van der Waals surface area contributed by atoms with Gasteiger partial charge in [0.25, 0.3) is 0 Å². The number of nitrogens with zero attached hydrogens (tertiary/aromatic N) is 1. The van der Waals surface area contributed by atoms with Gasteiger partial charge in [-0.15, -0.1) is 0 Å². The third-order valence-corrected chi connectivity index (χ3v) is 4.90. The Bertz CT molecular complexity index is 791. The molecule has 1 N–H and O–H groups in total. The number of nitrogens with one attached hydrogen (secondary N) is 1. The fourth-order valence-electron chi connectivity index (χ4n) is 3.16. The van der Waals surface area contributed by atoms with E-state index in [1.807, 2.05) is 42.5 Å². The summed E-state index contributed by atoms with van der Waals surface area (Å²) in [6.45, 7) is 2.11. The van der Waals surface area contributed by atoms with E-state index in [-0.39, 0.29) is 11.8 Å². The molecule has 0 bridgehead atoms. The molecule has 25 heavy (non-hydrogen) atoms. The molecular weight excluding hydrogens is 336 g/mol. The molecule has 0 spiro atoms. The van der Waals surface area contributed by atoms with Gasteiger partial charge in [-0.05, 0) is 43.0 Å². The normalized spacial score (nSPS) is 15.3. The molecular formula is C20H21ClN2O2. The standard InChI is InChI=1S/C20H21ClN2O2/c1-14(20(25)22-13-16-8-2-4-10-17(16)21)23-18-11-5-3-7-15(18)9-6-12-19(23)24/h2-5,7-8,10-11,14H,6,9,12-13H2,1H3,(H,22,25). The summed E-state index contributed by atoms with van der Waals surface area (Å²) in [5, 5.41) is 3.51. The van der Waals surface area contributed by atoms with Gasteiger partial charge in [-0.25, -0.2) is 0 Å². The van der Waals surface area contributed by atoms with Crippen LogP contribution >= 0.6 is 11.6 Å². The first-order valence-electron chi connectivity index (χ1n) is 8.49. The van der Waals surface area contributed by atoms with Crippen molar-refractivity contribution in [3.8, 4) is 0 Å². The number of hydrogen-bond donors (Lipinski definition) is 1. The van der Waals surface area contributed by atoms with Gasteiger partial charge < -0.3 is 5.32 Å². The van der Waals surface area contributed by atoms with E-state index in [9.17, 15) is 9.59 Å². The Kier molecular flexibility index (Phi) is 5.39. The first-order chi connectivity index (χ1) is 12.1. The zero-order valence-electron chi connectivity index (χ0n) is 14.2. The van der Waals surface area contributed by atoms with Crippen molar-refractivity contribution >= 4 is 29.1 Å². The Morgan fingerprint density at radius 2 is 1.88 bits per heavy atom. The Balaban J connectivity index is 1.77. The van der Waals surface area contributed by atoms with Crippen molar-refractivity contribution in [2.75, 3.05) is 4.90 Å². The van der Waals surface area contributed by atoms with Crippen LogP contribution in [0.25, 0.3) is 0 Å². The van der Waals surface area contributed by atoms with Crippen molar-refractivity contribution in [3.05, 3.63) is 64.7 Å². The molecule has 1 unspecified atom stereocenters. The smallest absolute Gasteiger partial charge is 0.243 e. The number of fused-ring (bicyclic) bond motifs is 1. The van der Waals surface area contributed by atoms with Gasteiger partial charge in [0.2, 0.25) is 11.8 Å². The molecule has 1 atom stereocenters. The van der Waals surface area contributed by atoms with E-state index in [2.05, 4.69) is 5.32 Å². The number of amides is 2. The minimum atomic E-state index is -0.575. The molecule has 0 aliphatic carbocycles. The molecule has 130 valence electrons. The third kappa shape index (κ3) is 3.85. The lowest BCUT2D eigenvalue weighted by Crippen LogP contribution is -2.48. The van der Waals surface area contributed by atoms with Gasteiger partial charge in [0.1, 0.15) is 6.04 Å². The van der Waals surface area contributed by atoms with Gasteiger partial charge in [-0.1, -0.05) is 48.0 Å². The molecule has 0 radical (unpaired) electrons. The lowest BCUT2D eigenvalue weighted by Gasteiger charge is -2.28. The van der Waals surface area contributed by atoms with Crippen LogP contribution in [0.15, 0.2) is 48.5 Å². The van der Waals surface area contributed by atoms with E-state index in [0.717, 1.165) is 29.7 Å². The molecule has 1 aliphatic heterocycles. The van der Waals surface area contributed by atoms with Gasteiger partial charge >= 0.3 is 0 Å². The molecule has 0 fully saturated rings. The fraction of sp³-hybridized carbons (Fsp3) is 0.300. The van der Waals surface area contributed by atoms with Crippen LogP contribution in [0, 0.1) is 0 Å². The summed E-state index contributed by atoms with van der Waals surface area (Å²) in [5.41, 5.74) is 2.80. The average molecular weight is 357 g/mol. The Morgan fingerprint density at radius 3 is 2.68 bits per heavy atom. The maximum atomic E-state index is 12.6. The van der Waals surface area contributed by atoms with Crippen molar-refractivity contribution in [1.29, 1.82) is 0 Å². The van der Waals surface area contributed by atoms with Crippen molar-refractivity contribution in [3.63, 3.8) is 0 Å². The molecule has 1 heterocycles. The molecule has 0 aromatic heterocycles. The largest absolute Gasteiger partial charge is 0.350 e. The van der Waals surface area contributed by atoms with E-state index in [4.69, 9.17) is 11.6 Å². The zero-order chi connectivity index (χ0) is 17.8. The number of carbonyl (C=O) groups is 2. The number of hydrogen-bond acceptors (Lipinski definition) is 2. The highest BCUT2D eigenvalue weighted by molar-refractivity contribution is 6.31. The van der Waals surface area contributed by atoms with E-state index >= 15 is 0 Å². The Morgan fingerprint density at radius 1 is 1.16 bits per heavy atom. The van der Waals surface area contributed by atoms with Gasteiger partial charge in [-0.2, -0.15) is 0 Å². The average Bonchev–Trinajstić information content (AvgIpc) is 2.78. The number of para-hydroxylation sites is 1. The summed E-state index contributed by atoms with van der Waals surface area (Å²) < 4.78 is 0. The van der Waals surface area contributed by atoms with Gasteiger partial charge in [0.05, 0.1) is 0 Å². The second-order valence-corrected chi connectivity index (χ2v) is 6.64. The van der Waals surface area contributed by atoms with Crippen LogP contribution in [0.4, 0.5) is 5.69 Å². The molecule has 1 aliphatic rings. The van der Waals surface area contributed by atoms with Gasteiger partial charge in [0, 0.05) is 23.7 Å². The number of aryl methyl sites for hydroxylation is 1. The van der Waals surface area contributed by atoms with E-state index in [1.165, 1.54) is 0 Å². The molecule has 0 saturated carbocycles. The first kappa shape index (κ1) is 17.5. The maximum Gasteiger partial charge on any atom is 0.243 e. The monoisotopic (exact) mass is 356 g/mol. The minimum absolute atomic E-state index is 0.00894. The number of halogens is 1. The summed E-state index contributed by atoms with van der Waals surface area (Å²) in [6, 6.07) is 14.6. The molecule has 0 saturated heterocycles. The summed E-state index contributed by atoms with van der Waals surface area (Å²) in [5.74, 6) is -0.199. The summed E-state index contributed by atoms with van der Waals surface area (Å²) in [7, 11) is 0. The maximum absolute atomic E-state index is 12.6. The van der Waals surface area contributed by atoms with Crippen LogP contribution in [0.3, 0.4) is 0 Å². The third-order valence-electron chi connectivity index (χ3n) is 4.53. The Labute approximate surface area is 152 Å². The van der Waals surface area contributed by atoms with E-state index in [0.29, 0.717) is 18.0 Å². The number of carbonyl (C=O) groups excluding carboxylic acids is 2. The summed E-state index contributed by atoms with van der Waals surface area (Å²) in [4.78, 5) is 26.9. The van der Waals surface area contributed by atoms with Crippen molar-refractivity contribution in [2.45, 2.75) is 38.8 Å². The van der Waals surface area contributed by atoms with E-state index in [1.54, 1.807) is 17.9 Å². The molecule has 5 heteroatoms. The second kappa shape index (κ2) is 7.70. The second-order valence-electron chi connectivity index (χ2n) is 6.23. The quantitative estimate of drug-likeness (QED) is 0.907. The highest BCUT2D eigenvalue weighted by Gasteiger charge is 2.30. The van der Waals surface area contributed by atoms with Crippen molar-refractivity contribution < 1.29 is 9.59 Å². The van der Waals surface area contributed by atoms with Crippen LogP contribution in [0.5, 0.6) is 0 Å². The summed E-state index contributed by atoms with van der Waals surface area (Å²) >= 11 is 6.13.